The van der Waals surface area contributed by atoms with Gasteiger partial charge in [-0.1, -0.05) is 18.2 Å². The van der Waals surface area contributed by atoms with Gasteiger partial charge in [0.2, 0.25) is 0 Å². The van der Waals surface area contributed by atoms with Crippen molar-refractivity contribution in [1.29, 1.82) is 0 Å². The maximum atomic E-state index is 4.25. The third-order valence-corrected chi connectivity index (χ3v) is 2.71. The van der Waals surface area contributed by atoms with Crippen molar-refractivity contribution in [2.24, 2.45) is 0 Å². The van der Waals surface area contributed by atoms with Crippen LogP contribution in [0.1, 0.15) is 11.3 Å². The molecule has 16 heavy (non-hydrogen) atoms. The zero-order chi connectivity index (χ0) is 11.4. The van der Waals surface area contributed by atoms with E-state index < -0.39 is 0 Å². The number of nitrogens with zero attached hydrogens (tertiary/aromatic N) is 2. The Morgan fingerprint density at radius 3 is 2.69 bits per heavy atom. The van der Waals surface area contributed by atoms with Gasteiger partial charge in [0.25, 0.3) is 0 Å². The second-order valence-corrected chi connectivity index (χ2v) is 3.94. The minimum Gasteiger partial charge on any atom is -0.383 e. The van der Waals surface area contributed by atoms with Crippen LogP contribution < -0.4 is 5.32 Å². The number of benzene rings is 1. The minimum absolute atomic E-state index is 0.896. The maximum Gasteiger partial charge on any atom is 0.0585 e. The van der Waals surface area contributed by atoms with Crippen LogP contribution in [0.3, 0.4) is 0 Å². The Labute approximate surface area is 96.1 Å². The number of hydrogen-bond acceptors (Lipinski definition) is 2. The number of aryl methyl sites for hydroxylation is 2. The summed E-state index contributed by atoms with van der Waals surface area (Å²) in [5, 5.41) is 7.66. The van der Waals surface area contributed by atoms with Crippen LogP contribution in [0.5, 0.6) is 0 Å². The fourth-order valence-electron chi connectivity index (χ4n) is 1.70. The van der Waals surface area contributed by atoms with E-state index >= 15 is 0 Å². The molecule has 0 aliphatic heterocycles. The molecule has 0 fully saturated rings. The molecular weight excluding hydrogens is 198 g/mol. The molecule has 0 atom stereocenters. The van der Waals surface area contributed by atoms with Crippen LogP contribution in [-0.4, -0.2) is 16.3 Å². The zero-order valence-corrected chi connectivity index (χ0v) is 9.77. The summed E-state index contributed by atoms with van der Waals surface area (Å²) in [4.78, 5) is 0. The first-order chi connectivity index (χ1) is 7.77. The van der Waals surface area contributed by atoms with Gasteiger partial charge in [-0.25, -0.2) is 0 Å². The summed E-state index contributed by atoms with van der Waals surface area (Å²) < 4.78 is 2.01. The van der Waals surface area contributed by atoms with Crippen molar-refractivity contribution in [3.05, 3.63) is 47.8 Å². The van der Waals surface area contributed by atoms with E-state index in [9.17, 15) is 0 Å². The Balaban J connectivity index is 1.89. The Morgan fingerprint density at radius 1 is 1.19 bits per heavy atom. The molecule has 3 heteroatoms. The normalized spacial score (nSPS) is 10.4. The molecule has 1 N–H and O–H groups in total. The molecule has 0 aliphatic carbocycles. The smallest absolute Gasteiger partial charge is 0.0585 e. The van der Waals surface area contributed by atoms with Gasteiger partial charge in [0.05, 0.1) is 6.54 Å². The monoisotopic (exact) mass is 215 g/mol. The van der Waals surface area contributed by atoms with Crippen LogP contribution in [-0.2, 0) is 6.54 Å². The van der Waals surface area contributed by atoms with Crippen molar-refractivity contribution in [2.45, 2.75) is 20.4 Å². The first-order valence-electron chi connectivity index (χ1n) is 5.55. The van der Waals surface area contributed by atoms with Crippen molar-refractivity contribution in [2.75, 3.05) is 11.9 Å². The number of para-hydroxylation sites is 1. The lowest BCUT2D eigenvalue weighted by Gasteiger charge is -2.10. The molecule has 1 aromatic heterocycles. The van der Waals surface area contributed by atoms with Crippen LogP contribution in [0.15, 0.2) is 36.5 Å². The molecule has 3 nitrogen and oxygen atoms in total. The summed E-state index contributed by atoms with van der Waals surface area (Å²) in [6.07, 6.45) is 1.84. The molecular formula is C13H17N3. The number of anilines is 1. The van der Waals surface area contributed by atoms with Gasteiger partial charge in [0, 0.05) is 24.1 Å². The van der Waals surface area contributed by atoms with E-state index in [4.69, 9.17) is 0 Å². The van der Waals surface area contributed by atoms with Crippen LogP contribution >= 0.6 is 0 Å². The largest absolute Gasteiger partial charge is 0.383 e. The third-order valence-electron chi connectivity index (χ3n) is 2.71. The molecule has 2 rings (SSSR count). The fraction of sp³-hybridized carbons (Fsp3) is 0.308. The first-order valence-corrected chi connectivity index (χ1v) is 5.55. The Kier molecular flexibility index (Phi) is 3.25. The molecule has 1 heterocycles. The average molecular weight is 215 g/mol. The lowest BCUT2D eigenvalue weighted by molar-refractivity contribution is 0.620. The Bertz CT molecular complexity index is 460. The van der Waals surface area contributed by atoms with Crippen molar-refractivity contribution >= 4 is 5.69 Å². The van der Waals surface area contributed by atoms with Crippen molar-refractivity contribution in [3.63, 3.8) is 0 Å². The van der Waals surface area contributed by atoms with Gasteiger partial charge < -0.3 is 5.32 Å². The van der Waals surface area contributed by atoms with Gasteiger partial charge in [-0.05, 0) is 31.5 Å². The van der Waals surface area contributed by atoms with Gasteiger partial charge in [0.1, 0.15) is 0 Å². The molecule has 0 aliphatic rings. The quantitative estimate of drug-likeness (QED) is 0.849. The summed E-state index contributed by atoms with van der Waals surface area (Å²) in [7, 11) is 0. The first kappa shape index (κ1) is 10.7. The third kappa shape index (κ3) is 2.42. The second kappa shape index (κ2) is 4.84. The highest BCUT2D eigenvalue weighted by Crippen LogP contribution is 2.12. The van der Waals surface area contributed by atoms with Gasteiger partial charge in [-0.2, -0.15) is 5.10 Å². The molecule has 0 radical (unpaired) electrons. The van der Waals surface area contributed by atoms with Crippen LogP contribution in [0, 0.1) is 13.8 Å². The highest BCUT2D eigenvalue weighted by molar-refractivity contribution is 5.50. The van der Waals surface area contributed by atoms with E-state index in [-0.39, 0.29) is 0 Å². The predicted molar refractivity (Wildman–Crippen MR) is 66.6 cm³/mol. The van der Waals surface area contributed by atoms with Crippen molar-refractivity contribution < 1.29 is 0 Å². The molecule has 0 unspecified atom stereocenters. The second-order valence-electron chi connectivity index (χ2n) is 3.94. The molecule has 0 saturated carbocycles. The number of nitrogens with one attached hydrogen (secondary N) is 1. The molecule has 0 spiro atoms. The highest BCUT2D eigenvalue weighted by Gasteiger charge is 1.98. The van der Waals surface area contributed by atoms with Gasteiger partial charge in [0.15, 0.2) is 0 Å². The van der Waals surface area contributed by atoms with E-state index in [1.165, 1.54) is 16.9 Å². The zero-order valence-electron chi connectivity index (χ0n) is 9.77. The van der Waals surface area contributed by atoms with E-state index in [2.05, 4.69) is 48.5 Å². The summed E-state index contributed by atoms with van der Waals surface area (Å²) in [6, 6.07) is 10.3. The van der Waals surface area contributed by atoms with Crippen molar-refractivity contribution in [3.8, 4) is 0 Å². The fourth-order valence-corrected chi connectivity index (χ4v) is 1.70. The topological polar surface area (TPSA) is 29.9 Å². The van der Waals surface area contributed by atoms with Crippen LogP contribution in [0.25, 0.3) is 0 Å². The van der Waals surface area contributed by atoms with Crippen molar-refractivity contribution in [1.82, 2.24) is 9.78 Å². The maximum absolute atomic E-state index is 4.25. The summed E-state index contributed by atoms with van der Waals surface area (Å²) >= 11 is 0. The van der Waals surface area contributed by atoms with E-state index in [1.807, 2.05) is 16.9 Å². The molecule has 1 aromatic carbocycles. The van der Waals surface area contributed by atoms with Gasteiger partial charge in [-0.15, -0.1) is 0 Å². The van der Waals surface area contributed by atoms with Crippen LogP contribution in [0.2, 0.25) is 0 Å². The van der Waals surface area contributed by atoms with Crippen LogP contribution in [0.4, 0.5) is 5.69 Å². The molecule has 0 bridgehead atoms. The Morgan fingerprint density at radius 2 is 2.00 bits per heavy atom. The molecule has 0 saturated heterocycles. The molecule has 2 aromatic rings. The lowest BCUT2D eigenvalue weighted by Crippen LogP contribution is -2.13. The van der Waals surface area contributed by atoms with E-state index in [1.54, 1.807) is 0 Å². The number of aromatic nitrogens is 2. The summed E-state index contributed by atoms with van der Waals surface area (Å²) in [6.45, 7) is 5.98. The van der Waals surface area contributed by atoms with Gasteiger partial charge in [-0.3, -0.25) is 4.68 Å². The minimum atomic E-state index is 0.896. The number of rotatable bonds is 4. The Hall–Kier alpha value is -1.77. The predicted octanol–water partition coefficient (Wildman–Crippen LogP) is 2.61. The summed E-state index contributed by atoms with van der Waals surface area (Å²) in [5.74, 6) is 0. The standard InChI is InChI=1S/C13H17N3/c1-11-5-3-4-6-13(11)14-9-10-16-12(2)7-8-15-16/h3-8,14H,9-10H2,1-2H3. The van der Waals surface area contributed by atoms with Gasteiger partial charge >= 0.3 is 0 Å². The summed E-state index contributed by atoms with van der Waals surface area (Å²) in [5.41, 5.74) is 3.68. The lowest BCUT2D eigenvalue weighted by atomic mass is 10.2. The molecule has 0 amide bonds. The number of hydrogen-bond donors (Lipinski definition) is 1. The SMILES string of the molecule is Cc1ccccc1NCCn1nccc1C. The highest BCUT2D eigenvalue weighted by atomic mass is 15.3. The van der Waals surface area contributed by atoms with E-state index in [0.29, 0.717) is 0 Å². The molecule has 84 valence electrons. The van der Waals surface area contributed by atoms with E-state index in [0.717, 1.165) is 13.1 Å². The average Bonchev–Trinajstić information content (AvgIpc) is 2.67.